The molecular weight excluding hydrogens is 264 g/mol. The monoisotopic (exact) mass is 278 g/mol. The molecule has 1 amide bonds. The van der Waals surface area contributed by atoms with Crippen LogP contribution in [0, 0.1) is 0 Å². The summed E-state index contributed by atoms with van der Waals surface area (Å²) in [6.45, 7) is 0.554. The Morgan fingerprint density at radius 2 is 2.00 bits per heavy atom. The van der Waals surface area contributed by atoms with Crippen molar-refractivity contribution >= 4 is 22.5 Å². The topological polar surface area (TPSA) is 80.9 Å². The first-order chi connectivity index (χ1) is 10.3. The summed E-state index contributed by atoms with van der Waals surface area (Å²) in [7, 11) is 0. The Bertz CT molecular complexity index is 796. The number of carbonyl (C=O) groups is 1. The predicted octanol–water partition coefficient (Wildman–Crippen LogP) is 2.34. The van der Waals surface area contributed by atoms with Gasteiger partial charge in [-0.2, -0.15) is 0 Å². The van der Waals surface area contributed by atoms with Gasteiger partial charge in [-0.25, -0.2) is 0 Å². The van der Waals surface area contributed by atoms with Crippen molar-refractivity contribution in [2.24, 2.45) is 5.73 Å². The van der Waals surface area contributed by atoms with Crippen LogP contribution in [-0.4, -0.2) is 15.9 Å². The number of amides is 1. The number of para-hydroxylation sites is 1. The first-order valence-corrected chi connectivity index (χ1v) is 6.56. The molecule has 0 atom stereocenters. The molecule has 0 saturated carbocycles. The summed E-state index contributed by atoms with van der Waals surface area (Å²) >= 11 is 0. The molecule has 2 heterocycles. The van der Waals surface area contributed by atoms with Gasteiger partial charge in [0.05, 0.1) is 16.8 Å². The molecule has 104 valence electrons. The van der Waals surface area contributed by atoms with Gasteiger partial charge in [-0.15, -0.1) is 0 Å². The molecule has 0 aliphatic rings. The van der Waals surface area contributed by atoms with Crippen molar-refractivity contribution < 1.29 is 4.79 Å². The highest BCUT2D eigenvalue weighted by atomic mass is 16.1. The van der Waals surface area contributed by atoms with Crippen LogP contribution in [0.2, 0.25) is 0 Å². The molecule has 21 heavy (non-hydrogen) atoms. The minimum Gasteiger partial charge on any atom is -0.380 e. The maximum absolute atomic E-state index is 11.4. The maximum Gasteiger partial charge on any atom is 0.252 e. The van der Waals surface area contributed by atoms with E-state index in [-0.39, 0.29) is 0 Å². The van der Waals surface area contributed by atoms with E-state index in [2.05, 4.69) is 15.3 Å². The second kappa shape index (κ2) is 5.58. The molecule has 3 N–H and O–H groups in total. The molecule has 5 heteroatoms. The molecule has 0 unspecified atom stereocenters. The fourth-order valence-corrected chi connectivity index (χ4v) is 2.25. The number of nitrogens with zero attached hydrogens (tertiary/aromatic N) is 2. The van der Waals surface area contributed by atoms with E-state index in [4.69, 9.17) is 5.73 Å². The van der Waals surface area contributed by atoms with Gasteiger partial charge in [-0.3, -0.25) is 14.8 Å². The lowest BCUT2D eigenvalue weighted by Crippen LogP contribution is -2.14. The number of hydrogen-bond acceptors (Lipinski definition) is 4. The minimum absolute atomic E-state index is 0.380. The van der Waals surface area contributed by atoms with Crippen LogP contribution in [0.4, 0.5) is 5.69 Å². The van der Waals surface area contributed by atoms with Gasteiger partial charge in [0.25, 0.3) is 5.91 Å². The third-order valence-corrected chi connectivity index (χ3v) is 3.27. The summed E-state index contributed by atoms with van der Waals surface area (Å²) in [5.41, 5.74) is 8.40. The standard InChI is InChI=1S/C16H14N4O/c17-16(21)13-10-18-8-6-14(13)20-9-12-4-1-3-11-5-2-7-19-15(11)12/h1-8,10H,9H2,(H2,17,21)(H,18,20). The molecule has 5 nitrogen and oxygen atoms in total. The van der Waals surface area contributed by atoms with Crippen molar-refractivity contribution in [2.75, 3.05) is 5.32 Å². The van der Waals surface area contributed by atoms with Crippen LogP contribution in [0.5, 0.6) is 0 Å². The van der Waals surface area contributed by atoms with Crippen LogP contribution in [0.15, 0.2) is 55.0 Å². The summed E-state index contributed by atoms with van der Waals surface area (Å²) in [6.07, 6.45) is 4.86. The summed E-state index contributed by atoms with van der Waals surface area (Å²) in [5.74, 6) is -0.498. The highest BCUT2D eigenvalue weighted by Crippen LogP contribution is 2.19. The minimum atomic E-state index is -0.498. The van der Waals surface area contributed by atoms with Gasteiger partial charge >= 0.3 is 0 Å². The van der Waals surface area contributed by atoms with E-state index in [1.165, 1.54) is 6.20 Å². The van der Waals surface area contributed by atoms with E-state index in [1.54, 1.807) is 18.5 Å². The number of aromatic nitrogens is 2. The van der Waals surface area contributed by atoms with E-state index < -0.39 is 5.91 Å². The number of carbonyl (C=O) groups excluding carboxylic acids is 1. The van der Waals surface area contributed by atoms with Crippen LogP contribution >= 0.6 is 0 Å². The maximum atomic E-state index is 11.4. The molecule has 2 aromatic heterocycles. The normalized spacial score (nSPS) is 10.5. The number of nitrogens with two attached hydrogens (primary N) is 1. The molecule has 0 fully saturated rings. The molecule has 0 spiro atoms. The molecule has 1 aromatic carbocycles. The quantitative estimate of drug-likeness (QED) is 0.767. The van der Waals surface area contributed by atoms with Gasteiger partial charge < -0.3 is 11.1 Å². The number of rotatable bonds is 4. The first-order valence-electron chi connectivity index (χ1n) is 6.56. The smallest absolute Gasteiger partial charge is 0.252 e. The summed E-state index contributed by atoms with van der Waals surface area (Å²) in [5, 5.41) is 4.31. The van der Waals surface area contributed by atoms with Gasteiger partial charge in [-0.1, -0.05) is 24.3 Å². The Morgan fingerprint density at radius 1 is 1.14 bits per heavy atom. The van der Waals surface area contributed by atoms with E-state index in [0.29, 0.717) is 17.8 Å². The highest BCUT2D eigenvalue weighted by Gasteiger charge is 2.08. The zero-order valence-electron chi connectivity index (χ0n) is 11.3. The van der Waals surface area contributed by atoms with Crippen molar-refractivity contribution in [3.05, 3.63) is 66.1 Å². The largest absolute Gasteiger partial charge is 0.380 e. The number of anilines is 1. The second-order valence-electron chi connectivity index (χ2n) is 4.63. The average molecular weight is 278 g/mol. The van der Waals surface area contributed by atoms with Crippen LogP contribution in [0.25, 0.3) is 10.9 Å². The molecular formula is C16H14N4O. The number of primary amides is 1. The number of hydrogen-bond donors (Lipinski definition) is 2. The lowest BCUT2D eigenvalue weighted by atomic mass is 10.1. The molecule has 0 saturated heterocycles. The van der Waals surface area contributed by atoms with E-state index in [1.807, 2.05) is 30.3 Å². The van der Waals surface area contributed by atoms with Crippen molar-refractivity contribution in [1.29, 1.82) is 0 Å². The molecule has 0 radical (unpaired) electrons. The van der Waals surface area contributed by atoms with Crippen LogP contribution in [0.3, 0.4) is 0 Å². The van der Waals surface area contributed by atoms with Crippen molar-refractivity contribution in [1.82, 2.24) is 9.97 Å². The van der Waals surface area contributed by atoms with Crippen molar-refractivity contribution in [2.45, 2.75) is 6.54 Å². The van der Waals surface area contributed by atoms with Crippen LogP contribution in [0.1, 0.15) is 15.9 Å². The van der Waals surface area contributed by atoms with Gasteiger partial charge in [0.1, 0.15) is 0 Å². The lowest BCUT2D eigenvalue weighted by molar-refractivity contribution is 0.100. The number of pyridine rings is 2. The Labute approximate surface area is 121 Å². The second-order valence-corrected chi connectivity index (χ2v) is 4.63. The number of benzene rings is 1. The predicted molar refractivity (Wildman–Crippen MR) is 81.8 cm³/mol. The molecule has 3 rings (SSSR count). The highest BCUT2D eigenvalue weighted by molar-refractivity contribution is 5.98. The Hall–Kier alpha value is -2.95. The lowest BCUT2D eigenvalue weighted by Gasteiger charge is -2.11. The van der Waals surface area contributed by atoms with Crippen molar-refractivity contribution in [3.8, 4) is 0 Å². The Balaban J connectivity index is 1.89. The van der Waals surface area contributed by atoms with Crippen LogP contribution in [-0.2, 0) is 6.54 Å². The van der Waals surface area contributed by atoms with E-state index in [0.717, 1.165) is 16.5 Å². The zero-order valence-corrected chi connectivity index (χ0v) is 11.3. The van der Waals surface area contributed by atoms with Gasteiger partial charge in [-0.05, 0) is 17.7 Å². The average Bonchev–Trinajstić information content (AvgIpc) is 2.53. The Morgan fingerprint density at radius 3 is 2.86 bits per heavy atom. The van der Waals surface area contributed by atoms with Crippen LogP contribution < -0.4 is 11.1 Å². The summed E-state index contributed by atoms with van der Waals surface area (Å²) in [4.78, 5) is 19.7. The van der Waals surface area contributed by atoms with Gasteiger partial charge in [0, 0.05) is 30.5 Å². The third kappa shape index (κ3) is 2.67. The number of nitrogens with one attached hydrogen (secondary N) is 1. The molecule has 3 aromatic rings. The molecule has 0 bridgehead atoms. The number of fused-ring (bicyclic) bond motifs is 1. The van der Waals surface area contributed by atoms with E-state index in [9.17, 15) is 4.79 Å². The van der Waals surface area contributed by atoms with Crippen molar-refractivity contribution in [3.63, 3.8) is 0 Å². The van der Waals surface area contributed by atoms with Gasteiger partial charge in [0.15, 0.2) is 0 Å². The molecule has 0 aliphatic carbocycles. The fraction of sp³-hybridized carbons (Fsp3) is 0.0625. The SMILES string of the molecule is NC(=O)c1cnccc1NCc1cccc2cccnc12. The van der Waals surface area contributed by atoms with Gasteiger partial charge in [0.2, 0.25) is 0 Å². The summed E-state index contributed by atoms with van der Waals surface area (Å²) < 4.78 is 0. The first kappa shape index (κ1) is 13.1. The third-order valence-electron chi connectivity index (χ3n) is 3.27. The van der Waals surface area contributed by atoms with E-state index >= 15 is 0 Å². The molecule has 0 aliphatic heterocycles. The summed E-state index contributed by atoms with van der Waals surface area (Å²) in [6, 6.07) is 11.7. The fourth-order valence-electron chi connectivity index (χ4n) is 2.25. The Kier molecular flexibility index (Phi) is 3.47. The zero-order chi connectivity index (χ0) is 14.7.